The van der Waals surface area contributed by atoms with Gasteiger partial charge in [0.25, 0.3) is 0 Å². The molecule has 10 nitrogen and oxygen atoms in total. The Hall–Kier alpha value is -3.77. The van der Waals surface area contributed by atoms with E-state index in [0.717, 1.165) is 0 Å². The van der Waals surface area contributed by atoms with Gasteiger partial charge in [0.15, 0.2) is 11.5 Å². The average Bonchev–Trinajstić information content (AvgIpc) is 3.25. The maximum absolute atomic E-state index is 13.2. The highest BCUT2D eigenvalue weighted by Crippen LogP contribution is 2.28. The number of fused-ring (bicyclic) bond motifs is 1. The second kappa shape index (κ2) is 9.38. The number of nitrogens with one attached hydrogen (secondary N) is 1. The van der Waals surface area contributed by atoms with Crippen LogP contribution in [-0.2, 0) is 10.0 Å². The van der Waals surface area contributed by atoms with Crippen molar-refractivity contribution in [3.05, 3.63) is 60.4 Å². The van der Waals surface area contributed by atoms with E-state index in [1.54, 1.807) is 30.3 Å². The lowest BCUT2D eigenvalue weighted by molar-refractivity contribution is 0.305. The highest BCUT2D eigenvalue weighted by molar-refractivity contribution is 7.89. The third-order valence-corrected chi connectivity index (χ3v) is 6.13. The van der Waals surface area contributed by atoms with Gasteiger partial charge in [0.05, 0.1) is 14.2 Å². The van der Waals surface area contributed by atoms with Crippen molar-refractivity contribution in [1.29, 1.82) is 0 Å². The highest BCUT2D eigenvalue weighted by Gasteiger charge is 2.20. The molecular weight excluding hydrogens is 453 g/mol. The van der Waals surface area contributed by atoms with Gasteiger partial charge in [0.1, 0.15) is 28.8 Å². The van der Waals surface area contributed by atoms with Crippen LogP contribution in [0.15, 0.2) is 59.5 Å². The van der Waals surface area contributed by atoms with Crippen molar-refractivity contribution in [1.82, 2.24) is 24.5 Å². The van der Waals surface area contributed by atoms with Crippen LogP contribution in [0.5, 0.6) is 17.4 Å². The maximum Gasteiger partial charge on any atom is 0.244 e. The summed E-state index contributed by atoms with van der Waals surface area (Å²) in [5.74, 6) is 0.872. The molecule has 0 amide bonds. The van der Waals surface area contributed by atoms with Gasteiger partial charge in [-0.3, -0.25) is 0 Å². The minimum absolute atomic E-state index is 0.0119. The van der Waals surface area contributed by atoms with Crippen LogP contribution in [0.3, 0.4) is 0 Å². The second-order valence-electron chi connectivity index (χ2n) is 6.74. The van der Waals surface area contributed by atoms with Crippen molar-refractivity contribution in [3.8, 4) is 28.8 Å². The van der Waals surface area contributed by atoms with Crippen molar-refractivity contribution in [3.63, 3.8) is 0 Å². The summed E-state index contributed by atoms with van der Waals surface area (Å²) in [6, 6.07) is 13.5. The normalized spacial score (nSPS) is 11.5. The molecule has 33 heavy (non-hydrogen) atoms. The number of nitrogens with zero attached hydrogens (tertiary/aromatic N) is 4. The van der Waals surface area contributed by atoms with Gasteiger partial charge in [-0.05, 0) is 42.5 Å². The van der Waals surface area contributed by atoms with Gasteiger partial charge in [-0.2, -0.15) is 4.52 Å². The lowest BCUT2D eigenvalue weighted by Gasteiger charge is -2.12. The number of hydrogen-bond donors (Lipinski definition) is 1. The van der Waals surface area contributed by atoms with E-state index in [0.29, 0.717) is 22.8 Å². The van der Waals surface area contributed by atoms with Crippen LogP contribution in [0.1, 0.15) is 0 Å². The summed E-state index contributed by atoms with van der Waals surface area (Å²) in [4.78, 5) is -0.0441. The smallest absolute Gasteiger partial charge is 0.244 e. The quantitative estimate of drug-likeness (QED) is 0.368. The molecule has 0 spiro atoms. The molecular formula is C21H20FN5O5S. The number of rotatable bonds is 9. The van der Waals surface area contributed by atoms with Crippen LogP contribution in [0, 0.1) is 5.82 Å². The Bertz CT molecular complexity index is 1380. The first-order valence-electron chi connectivity index (χ1n) is 9.74. The zero-order valence-corrected chi connectivity index (χ0v) is 18.5. The molecule has 1 N–H and O–H groups in total. The van der Waals surface area contributed by atoms with Gasteiger partial charge >= 0.3 is 0 Å². The first kappa shape index (κ1) is 22.4. The Morgan fingerprint density at radius 3 is 2.52 bits per heavy atom. The van der Waals surface area contributed by atoms with Crippen LogP contribution in [-0.4, -0.2) is 55.6 Å². The van der Waals surface area contributed by atoms with Gasteiger partial charge in [-0.25, -0.2) is 17.5 Å². The SMILES string of the molecule is COc1ccc(OC)c(S(=O)(=O)NCCOc2ccc3nnc(-c4ccc(F)cc4)n3n2)c1. The van der Waals surface area contributed by atoms with Gasteiger partial charge < -0.3 is 14.2 Å². The van der Waals surface area contributed by atoms with E-state index in [1.165, 1.54) is 43.0 Å². The number of benzene rings is 2. The van der Waals surface area contributed by atoms with E-state index >= 15 is 0 Å². The number of hydrogen-bond acceptors (Lipinski definition) is 8. The number of aromatic nitrogens is 4. The van der Waals surface area contributed by atoms with E-state index < -0.39 is 10.0 Å². The first-order chi connectivity index (χ1) is 15.9. The molecule has 12 heteroatoms. The van der Waals surface area contributed by atoms with E-state index in [4.69, 9.17) is 14.2 Å². The molecule has 0 aliphatic rings. The minimum atomic E-state index is -3.87. The molecule has 2 aromatic heterocycles. The Morgan fingerprint density at radius 2 is 1.79 bits per heavy atom. The molecule has 4 aromatic rings. The predicted molar refractivity (Wildman–Crippen MR) is 116 cm³/mol. The fraction of sp³-hybridized carbons (Fsp3) is 0.190. The molecule has 0 aliphatic heterocycles. The van der Waals surface area contributed by atoms with Gasteiger partial charge in [0, 0.05) is 24.2 Å². The van der Waals surface area contributed by atoms with Crippen LogP contribution < -0.4 is 18.9 Å². The van der Waals surface area contributed by atoms with Crippen molar-refractivity contribution >= 4 is 15.7 Å². The Morgan fingerprint density at radius 1 is 1.00 bits per heavy atom. The number of halogens is 1. The molecule has 2 heterocycles. The van der Waals surface area contributed by atoms with Crippen LogP contribution in [0.2, 0.25) is 0 Å². The highest BCUT2D eigenvalue weighted by atomic mass is 32.2. The Balaban J connectivity index is 1.44. The fourth-order valence-electron chi connectivity index (χ4n) is 3.03. The summed E-state index contributed by atoms with van der Waals surface area (Å²) in [7, 11) is -1.04. The fourth-order valence-corrected chi connectivity index (χ4v) is 4.23. The minimum Gasteiger partial charge on any atom is -0.497 e. The molecule has 0 unspecified atom stereocenters. The monoisotopic (exact) mass is 473 g/mol. The summed E-state index contributed by atoms with van der Waals surface area (Å²) >= 11 is 0. The zero-order valence-electron chi connectivity index (χ0n) is 17.7. The van der Waals surface area contributed by atoms with E-state index in [-0.39, 0.29) is 35.5 Å². The van der Waals surface area contributed by atoms with Gasteiger partial charge in [0.2, 0.25) is 15.9 Å². The third-order valence-electron chi connectivity index (χ3n) is 4.65. The summed E-state index contributed by atoms with van der Waals surface area (Å²) in [6.45, 7) is -0.00651. The van der Waals surface area contributed by atoms with Gasteiger partial charge in [-0.15, -0.1) is 15.3 Å². The summed E-state index contributed by atoms with van der Waals surface area (Å²) in [5, 5.41) is 12.5. The Kier molecular flexibility index (Phi) is 6.38. The van der Waals surface area contributed by atoms with Crippen LogP contribution >= 0.6 is 0 Å². The van der Waals surface area contributed by atoms with Gasteiger partial charge in [-0.1, -0.05) is 0 Å². The summed E-state index contributed by atoms with van der Waals surface area (Å²) < 4.78 is 58.4. The average molecular weight is 473 g/mol. The van der Waals surface area contributed by atoms with E-state index in [1.807, 2.05) is 0 Å². The standard InChI is InChI=1S/C21H20FN5O5S/c1-30-16-7-8-17(31-2)18(13-16)33(28,29)23-11-12-32-20-10-9-19-24-25-21(27(19)26-20)14-3-5-15(22)6-4-14/h3-10,13,23H,11-12H2,1-2H3. The molecule has 2 aromatic carbocycles. The van der Waals surface area contributed by atoms with E-state index in [9.17, 15) is 12.8 Å². The number of methoxy groups -OCH3 is 2. The summed E-state index contributed by atoms with van der Waals surface area (Å²) in [5.41, 5.74) is 1.11. The molecule has 0 saturated carbocycles. The van der Waals surface area contributed by atoms with Crippen molar-refractivity contribution in [2.24, 2.45) is 0 Å². The number of sulfonamides is 1. The topological polar surface area (TPSA) is 117 Å². The lowest BCUT2D eigenvalue weighted by Crippen LogP contribution is -2.28. The van der Waals surface area contributed by atoms with Crippen LogP contribution in [0.4, 0.5) is 4.39 Å². The maximum atomic E-state index is 13.2. The molecule has 0 aliphatic carbocycles. The lowest BCUT2D eigenvalue weighted by atomic mass is 10.2. The second-order valence-corrected chi connectivity index (χ2v) is 8.47. The molecule has 0 atom stereocenters. The largest absolute Gasteiger partial charge is 0.497 e. The Labute approximate surface area is 189 Å². The zero-order chi connectivity index (χ0) is 23.4. The van der Waals surface area contributed by atoms with Crippen molar-refractivity contribution in [2.45, 2.75) is 4.90 Å². The third kappa shape index (κ3) is 4.86. The molecule has 0 bridgehead atoms. The number of ether oxygens (including phenoxy) is 3. The predicted octanol–water partition coefficient (Wildman–Crippen LogP) is 2.30. The molecule has 0 fully saturated rings. The van der Waals surface area contributed by atoms with Crippen LogP contribution in [0.25, 0.3) is 17.0 Å². The molecule has 0 saturated heterocycles. The molecule has 0 radical (unpaired) electrons. The first-order valence-corrected chi connectivity index (χ1v) is 11.2. The van der Waals surface area contributed by atoms with E-state index in [2.05, 4.69) is 20.0 Å². The van der Waals surface area contributed by atoms with Crippen molar-refractivity contribution < 1.29 is 27.0 Å². The van der Waals surface area contributed by atoms with Crippen molar-refractivity contribution in [2.75, 3.05) is 27.4 Å². The molecule has 172 valence electrons. The summed E-state index contributed by atoms with van der Waals surface area (Å²) in [6.07, 6.45) is 0. The molecule has 4 rings (SSSR count).